The zero-order valence-corrected chi connectivity index (χ0v) is 11.9. The monoisotopic (exact) mass is 322 g/mol. The predicted octanol–water partition coefficient (Wildman–Crippen LogP) is 3.22. The Morgan fingerprint density at radius 3 is 2.53 bits per heavy atom. The van der Waals surface area contributed by atoms with Gasteiger partial charge in [-0.15, -0.1) is 12.3 Å². The summed E-state index contributed by atoms with van der Waals surface area (Å²) in [7, 11) is 1.61. The number of hydrogen-bond donors (Lipinski definition) is 0. The van der Waals surface area contributed by atoms with Crippen LogP contribution in [0.15, 0.2) is 9.66 Å². The van der Waals surface area contributed by atoms with Gasteiger partial charge in [0.05, 0.1) is 6.10 Å². The van der Waals surface area contributed by atoms with E-state index in [0.717, 1.165) is 0 Å². The molecule has 0 rings (SSSR count). The van der Waals surface area contributed by atoms with Gasteiger partial charge < -0.3 is 9.47 Å². The van der Waals surface area contributed by atoms with Gasteiger partial charge in [-0.2, -0.15) is 0 Å². The molecule has 0 aliphatic carbocycles. The number of methoxy groups -OCH3 is 1. The van der Waals surface area contributed by atoms with Crippen molar-refractivity contribution in [3.05, 3.63) is 9.66 Å². The van der Waals surface area contributed by atoms with E-state index in [9.17, 15) is 0 Å². The lowest BCUT2D eigenvalue weighted by Gasteiger charge is -2.24. The highest BCUT2D eigenvalue weighted by Gasteiger charge is 2.21. The molecule has 0 spiro atoms. The van der Waals surface area contributed by atoms with E-state index < -0.39 is 0 Å². The van der Waals surface area contributed by atoms with Crippen LogP contribution in [0.1, 0.15) is 20.8 Å². The van der Waals surface area contributed by atoms with E-state index >= 15 is 0 Å². The number of hydrogen-bond acceptors (Lipinski definition) is 2. The van der Waals surface area contributed by atoms with Crippen LogP contribution in [0.5, 0.6) is 0 Å². The third-order valence-electron chi connectivity index (χ3n) is 2.14. The molecule has 0 saturated heterocycles. The number of terminal acetylenes is 1. The molecule has 3 heteroatoms. The Hall–Kier alpha value is -0.0500. The van der Waals surface area contributed by atoms with Gasteiger partial charge in [-0.25, -0.2) is 0 Å². The van der Waals surface area contributed by atoms with Gasteiger partial charge >= 0.3 is 0 Å². The zero-order chi connectivity index (χ0) is 11.8. The summed E-state index contributed by atoms with van der Waals surface area (Å²) in [5.74, 6) is 3.10. The van der Waals surface area contributed by atoms with Crippen molar-refractivity contribution in [1.29, 1.82) is 0 Å². The van der Waals surface area contributed by atoms with E-state index in [1.54, 1.807) is 7.11 Å². The maximum absolute atomic E-state index is 5.59. The summed E-state index contributed by atoms with van der Waals surface area (Å²) in [5.41, 5.74) is 0. The van der Waals surface area contributed by atoms with Gasteiger partial charge in [0.15, 0.2) is 0 Å². The predicted molar refractivity (Wildman–Crippen MR) is 71.7 cm³/mol. The normalized spacial score (nSPS) is 18.0. The Labute approximate surface area is 107 Å². The molecule has 0 heterocycles. The lowest BCUT2D eigenvalue weighted by atomic mass is 9.93. The summed E-state index contributed by atoms with van der Waals surface area (Å²) < 4.78 is 11.7. The molecule has 15 heavy (non-hydrogen) atoms. The maximum Gasteiger partial charge on any atom is 0.146 e. The maximum atomic E-state index is 5.59. The Bertz CT molecular complexity index is 238. The van der Waals surface area contributed by atoms with Crippen molar-refractivity contribution in [2.75, 3.05) is 13.9 Å². The fraction of sp³-hybridized carbons (Fsp3) is 0.667. The molecule has 0 amide bonds. The topological polar surface area (TPSA) is 18.5 Å². The van der Waals surface area contributed by atoms with E-state index in [0.29, 0.717) is 5.92 Å². The fourth-order valence-electron chi connectivity index (χ4n) is 1.45. The van der Waals surface area contributed by atoms with Gasteiger partial charge in [0.1, 0.15) is 6.79 Å². The van der Waals surface area contributed by atoms with Crippen molar-refractivity contribution in [1.82, 2.24) is 0 Å². The second-order valence-electron chi connectivity index (χ2n) is 3.61. The number of allylic oxidation sites excluding steroid dienone is 1. The molecule has 0 radical (unpaired) electrons. The van der Waals surface area contributed by atoms with E-state index in [1.807, 2.05) is 6.92 Å². The summed E-state index contributed by atoms with van der Waals surface area (Å²) in [6.07, 6.45) is 7.59. The molecule has 0 bridgehead atoms. The third-order valence-corrected chi connectivity index (χ3v) is 2.50. The molecule has 3 atom stereocenters. The van der Waals surface area contributed by atoms with Crippen LogP contribution in [0.2, 0.25) is 0 Å². The second kappa shape index (κ2) is 8.14. The van der Waals surface area contributed by atoms with Gasteiger partial charge in [-0.1, -0.05) is 13.0 Å². The molecule has 0 aromatic heterocycles. The minimum Gasteiger partial charge on any atom is -0.359 e. The molecule has 0 unspecified atom stereocenters. The molecular weight excluding hydrogens is 303 g/mol. The Kier molecular flexibility index (Phi) is 8.12. The molecule has 0 aromatic rings. The third kappa shape index (κ3) is 6.18. The Morgan fingerprint density at radius 2 is 2.13 bits per heavy atom. The van der Waals surface area contributed by atoms with Crippen LogP contribution >= 0.6 is 22.6 Å². The first-order chi connectivity index (χ1) is 7.02. The van der Waals surface area contributed by atoms with Crippen molar-refractivity contribution in [3.8, 4) is 12.3 Å². The van der Waals surface area contributed by atoms with Crippen LogP contribution in [0.3, 0.4) is 0 Å². The number of ether oxygens (including phenoxy) is 2. The van der Waals surface area contributed by atoms with E-state index in [2.05, 4.69) is 48.4 Å². The molecule has 2 nitrogen and oxygen atoms in total. The first-order valence-corrected chi connectivity index (χ1v) is 6.01. The second-order valence-corrected chi connectivity index (χ2v) is 5.31. The van der Waals surface area contributed by atoms with Crippen LogP contribution in [-0.2, 0) is 9.47 Å². The summed E-state index contributed by atoms with van der Waals surface area (Å²) in [6, 6.07) is 0. The van der Waals surface area contributed by atoms with Crippen LogP contribution in [-0.4, -0.2) is 20.0 Å². The van der Waals surface area contributed by atoms with Crippen LogP contribution < -0.4 is 0 Å². The molecule has 0 saturated carbocycles. The molecule has 0 N–H and O–H groups in total. The first-order valence-electron chi connectivity index (χ1n) is 4.93. The summed E-state index contributed by atoms with van der Waals surface area (Å²) >= 11 is 2.29. The zero-order valence-electron chi connectivity index (χ0n) is 9.79. The summed E-state index contributed by atoms with van der Waals surface area (Å²) in [5, 5.41) is 0. The molecular formula is C12H19IO2. The molecule has 0 aliphatic heterocycles. The SMILES string of the molecule is C#C[C@H](C)[C@H](OCOC)[C@@H](C)C=C(C)I. The fourth-order valence-corrected chi connectivity index (χ4v) is 2.02. The standard InChI is InChI=1S/C12H19IO2/c1-6-9(2)12(15-8-14-5)10(3)7-11(4)13/h1,7,9-10,12H,8H2,2-5H3/t9-,10-,12-/m0/s1. The largest absolute Gasteiger partial charge is 0.359 e. The van der Waals surface area contributed by atoms with E-state index in [4.69, 9.17) is 15.9 Å². The molecule has 0 fully saturated rings. The first kappa shape index (κ1) is 14.9. The van der Waals surface area contributed by atoms with E-state index in [1.165, 1.54) is 3.58 Å². The highest BCUT2D eigenvalue weighted by Crippen LogP contribution is 2.20. The van der Waals surface area contributed by atoms with Crippen molar-refractivity contribution in [2.24, 2.45) is 11.8 Å². The van der Waals surface area contributed by atoms with Crippen LogP contribution in [0.4, 0.5) is 0 Å². The van der Waals surface area contributed by atoms with Gasteiger partial charge in [-0.3, -0.25) is 0 Å². The molecule has 0 aromatic carbocycles. The number of halogens is 1. The average Bonchev–Trinajstić information content (AvgIpc) is 2.16. The van der Waals surface area contributed by atoms with Crippen LogP contribution in [0.25, 0.3) is 0 Å². The quantitative estimate of drug-likeness (QED) is 0.425. The number of rotatable bonds is 6. The van der Waals surface area contributed by atoms with Gasteiger partial charge in [0.2, 0.25) is 0 Å². The Balaban J connectivity index is 4.48. The average molecular weight is 322 g/mol. The highest BCUT2D eigenvalue weighted by molar-refractivity contribution is 14.1. The molecule has 0 aliphatic rings. The summed E-state index contributed by atoms with van der Waals surface area (Å²) in [4.78, 5) is 0. The van der Waals surface area contributed by atoms with Crippen molar-refractivity contribution in [2.45, 2.75) is 26.9 Å². The van der Waals surface area contributed by atoms with Gasteiger partial charge in [0, 0.05) is 18.9 Å². The minimum absolute atomic E-state index is 0.0136. The van der Waals surface area contributed by atoms with E-state index in [-0.39, 0.29) is 18.8 Å². The smallest absolute Gasteiger partial charge is 0.146 e. The van der Waals surface area contributed by atoms with Crippen LogP contribution in [0, 0.1) is 24.2 Å². The lowest BCUT2D eigenvalue weighted by molar-refractivity contribution is -0.0935. The Morgan fingerprint density at radius 1 is 1.53 bits per heavy atom. The van der Waals surface area contributed by atoms with Crippen molar-refractivity contribution in [3.63, 3.8) is 0 Å². The van der Waals surface area contributed by atoms with Gasteiger partial charge in [0.25, 0.3) is 0 Å². The highest BCUT2D eigenvalue weighted by atomic mass is 127. The van der Waals surface area contributed by atoms with Crippen molar-refractivity contribution < 1.29 is 9.47 Å². The van der Waals surface area contributed by atoms with Gasteiger partial charge in [-0.05, 0) is 40.0 Å². The lowest BCUT2D eigenvalue weighted by Crippen LogP contribution is -2.28. The summed E-state index contributed by atoms with van der Waals surface area (Å²) in [6.45, 7) is 6.45. The van der Waals surface area contributed by atoms with Crippen molar-refractivity contribution >= 4 is 22.6 Å². The minimum atomic E-state index is 0.0136. The molecule has 86 valence electrons.